The lowest BCUT2D eigenvalue weighted by Gasteiger charge is -2.09. The summed E-state index contributed by atoms with van der Waals surface area (Å²) in [6.07, 6.45) is 0. The van der Waals surface area contributed by atoms with Gasteiger partial charge in [0.2, 0.25) is 21.8 Å². The first-order valence-electron chi connectivity index (χ1n) is 7.61. The van der Waals surface area contributed by atoms with Crippen molar-refractivity contribution < 1.29 is 22.4 Å². The number of hydrogen-bond acceptors (Lipinski definition) is 4. The van der Waals surface area contributed by atoms with Crippen molar-refractivity contribution in [1.29, 1.82) is 0 Å². The molecule has 0 aliphatic carbocycles. The molecule has 2 rings (SSSR count). The Morgan fingerprint density at radius 2 is 1.58 bits per heavy atom. The first-order chi connectivity index (χ1) is 12.2. The summed E-state index contributed by atoms with van der Waals surface area (Å²) < 4.78 is 39.7. The molecule has 0 fully saturated rings. The maximum atomic E-state index is 13.2. The second kappa shape index (κ2) is 8.07. The molecule has 0 saturated carbocycles. The summed E-state index contributed by atoms with van der Waals surface area (Å²) in [6.45, 7) is 2.35. The van der Waals surface area contributed by atoms with Crippen LogP contribution in [0.1, 0.15) is 12.5 Å². The molecule has 2 amide bonds. The average Bonchev–Trinajstić information content (AvgIpc) is 2.57. The van der Waals surface area contributed by atoms with Crippen LogP contribution in [0.15, 0.2) is 47.4 Å². The van der Waals surface area contributed by atoms with Crippen LogP contribution in [0.3, 0.4) is 0 Å². The van der Waals surface area contributed by atoms with Crippen LogP contribution in [0, 0.1) is 12.7 Å². The zero-order valence-electron chi connectivity index (χ0n) is 14.2. The molecule has 3 N–H and O–H groups in total. The Kier molecular flexibility index (Phi) is 6.06. The number of halogens is 1. The number of carbonyl (C=O) groups is 2. The Labute approximate surface area is 150 Å². The van der Waals surface area contributed by atoms with Crippen molar-refractivity contribution in [2.45, 2.75) is 18.7 Å². The third-order valence-electron chi connectivity index (χ3n) is 3.35. The minimum atomic E-state index is -3.93. The Morgan fingerprint density at radius 1 is 1.00 bits per heavy atom. The first kappa shape index (κ1) is 19.5. The zero-order chi connectivity index (χ0) is 19.3. The lowest BCUT2D eigenvalue weighted by atomic mass is 10.2. The van der Waals surface area contributed by atoms with Gasteiger partial charge in [0.15, 0.2) is 0 Å². The molecular weight excluding hydrogens is 361 g/mol. The fourth-order valence-electron chi connectivity index (χ4n) is 2.07. The normalized spacial score (nSPS) is 11.0. The molecule has 0 spiro atoms. The van der Waals surface area contributed by atoms with E-state index in [-0.39, 0.29) is 16.4 Å². The number of nitrogens with one attached hydrogen (secondary N) is 3. The Balaban J connectivity index is 1.95. The lowest BCUT2D eigenvalue weighted by molar-refractivity contribution is -0.115. The second-order valence-corrected chi connectivity index (χ2v) is 7.31. The maximum Gasteiger partial charge on any atom is 0.241 e. The van der Waals surface area contributed by atoms with E-state index in [1.165, 1.54) is 19.9 Å². The van der Waals surface area contributed by atoms with Gasteiger partial charge < -0.3 is 10.6 Å². The molecule has 0 heterocycles. The van der Waals surface area contributed by atoms with E-state index in [1.807, 2.05) is 0 Å². The number of aryl methyl sites for hydroxylation is 1. The van der Waals surface area contributed by atoms with E-state index in [4.69, 9.17) is 0 Å². The fourth-order valence-corrected chi connectivity index (χ4v) is 3.14. The van der Waals surface area contributed by atoms with E-state index in [0.717, 1.165) is 12.1 Å². The summed E-state index contributed by atoms with van der Waals surface area (Å²) in [7, 11) is -3.93. The average molecular weight is 379 g/mol. The van der Waals surface area contributed by atoms with Gasteiger partial charge in [0.05, 0.1) is 11.4 Å². The Morgan fingerprint density at radius 3 is 2.12 bits per heavy atom. The largest absolute Gasteiger partial charge is 0.326 e. The van der Waals surface area contributed by atoms with Gasteiger partial charge in [0, 0.05) is 18.3 Å². The molecule has 0 saturated heterocycles. The first-order valence-corrected chi connectivity index (χ1v) is 9.09. The zero-order valence-corrected chi connectivity index (χ0v) is 15.0. The SMILES string of the molecule is CC(=O)Nc1ccc(NC(=O)CNS(=O)(=O)c2ccc(F)c(C)c2)cc1. The van der Waals surface area contributed by atoms with Crippen LogP contribution in [0.2, 0.25) is 0 Å². The van der Waals surface area contributed by atoms with Crippen molar-refractivity contribution in [2.24, 2.45) is 0 Å². The molecular formula is C17H18FN3O4S. The van der Waals surface area contributed by atoms with Crippen molar-refractivity contribution in [3.05, 3.63) is 53.8 Å². The molecule has 0 aliphatic rings. The number of carbonyl (C=O) groups excluding carboxylic acids is 2. The number of amides is 2. The highest BCUT2D eigenvalue weighted by atomic mass is 32.2. The molecule has 0 unspecified atom stereocenters. The predicted octanol–water partition coefficient (Wildman–Crippen LogP) is 2.01. The van der Waals surface area contributed by atoms with E-state index in [9.17, 15) is 22.4 Å². The molecule has 0 aromatic heterocycles. The number of benzene rings is 2. The van der Waals surface area contributed by atoms with E-state index in [2.05, 4.69) is 15.4 Å². The van der Waals surface area contributed by atoms with Gasteiger partial charge in [-0.2, -0.15) is 0 Å². The third kappa shape index (κ3) is 5.36. The van der Waals surface area contributed by atoms with Crippen LogP contribution in [0.25, 0.3) is 0 Å². The highest BCUT2D eigenvalue weighted by Gasteiger charge is 2.16. The van der Waals surface area contributed by atoms with E-state index < -0.39 is 28.3 Å². The van der Waals surface area contributed by atoms with Crippen molar-refractivity contribution in [3.8, 4) is 0 Å². The van der Waals surface area contributed by atoms with E-state index in [0.29, 0.717) is 11.4 Å². The van der Waals surface area contributed by atoms with Gasteiger partial charge in [-0.15, -0.1) is 0 Å². The summed E-state index contributed by atoms with van der Waals surface area (Å²) in [5.41, 5.74) is 1.21. The molecule has 26 heavy (non-hydrogen) atoms. The highest BCUT2D eigenvalue weighted by Crippen LogP contribution is 2.15. The smallest absolute Gasteiger partial charge is 0.241 e. The van der Waals surface area contributed by atoms with Gasteiger partial charge in [-0.3, -0.25) is 9.59 Å². The lowest BCUT2D eigenvalue weighted by Crippen LogP contribution is -2.33. The summed E-state index contributed by atoms with van der Waals surface area (Å²) in [5.74, 6) is -1.30. The van der Waals surface area contributed by atoms with Crippen molar-refractivity contribution in [2.75, 3.05) is 17.2 Å². The molecule has 7 nitrogen and oxygen atoms in total. The minimum Gasteiger partial charge on any atom is -0.326 e. The number of rotatable bonds is 6. The second-order valence-electron chi connectivity index (χ2n) is 5.54. The molecule has 0 bridgehead atoms. The fraction of sp³-hybridized carbons (Fsp3) is 0.176. The topological polar surface area (TPSA) is 104 Å². The monoisotopic (exact) mass is 379 g/mol. The van der Waals surface area contributed by atoms with Gasteiger partial charge in [-0.1, -0.05) is 0 Å². The summed E-state index contributed by atoms with van der Waals surface area (Å²) in [5, 5.41) is 5.12. The summed E-state index contributed by atoms with van der Waals surface area (Å²) in [4.78, 5) is 22.7. The van der Waals surface area contributed by atoms with Gasteiger partial charge in [-0.25, -0.2) is 17.5 Å². The molecule has 2 aromatic rings. The van der Waals surface area contributed by atoms with Crippen molar-refractivity contribution in [3.63, 3.8) is 0 Å². The molecule has 9 heteroatoms. The molecule has 2 aromatic carbocycles. The van der Waals surface area contributed by atoms with Gasteiger partial charge >= 0.3 is 0 Å². The molecule has 0 aliphatic heterocycles. The van der Waals surface area contributed by atoms with Gasteiger partial charge in [0.25, 0.3) is 0 Å². The van der Waals surface area contributed by atoms with Crippen LogP contribution in [-0.2, 0) is 19.6 Å². The Bertz CT molecular complexity index is 928. The van der Waals surface area contributed by atoms with Crippen LogP contribution in [0.5, 0.6) is 0 Å². The van der Waals surface area contributed by atoms with Gasteiger partial charge in [0.1, 0.15) is 5.82 Å². The number of sulfonamides is 1. The third-order valence-corrected chi connectivity index (χ3v) is 4.75. The maximum absolute atomic E-state index is 13.2. The molecule has 0 radical (unpaired) electrons. The molecule has 138 valence electrons. The van der Waals surface area contributed by atoms with Crippen LogP contribution < -0.4 is 15.4 Å². The summed E-state index contributed by atoms with van der Waals surface area (Å²) >= 11 is 0. The standard InChI is InChI=1S/C17H18FN3O4S/c1-11-9-15(7-8-16(11)18)26(24,25)19-10-17(23)21-14-5-3-13(4-6-14)20-12(2)22/h3-9,19H,10H2,1-2H3,(H,20,22)(H,21,23). The quantitative estimate of drug-likeness (QED) is 0.714. The Hall–Kier alpha value is -2.78. The minimum absolute atomic E-state index is 0.121. The van der Waals surface area contributed by atoms with Crippen LogP contribution >= 0.6 is 0 Å². The van der Waals surface area contributed by atoms with Crippen molar-refractivity contribution >= 4 is 33.2 Å². The highest BCUT2D eigenvalue weighted by molar-refractivity contribution is 7.89. The van der Waals surface area contributed by atoms with Crippen LogP contribution in [0.4, 0.5) is 15.8 Å². The summed E-state index contributed by atoms with van der Waals surface area (Å²) in [6, 6.07) is 9.72. The van der Waals surface area contributed by atoms with Crippen molar-refractivity contribution in [1.82, 2.24) is 4.72 Å². The van der Waals surface area contributed by atoms with Gasteiger partial charge in [-0.05, 0) is 55.0 Å². The molecule has 0 atom stereocenters. The van der Waals surface area contributed by atoms with Crippen LogP contribution in [-0.4, -0.2) is 26.8 Å². The van der Waals surface area contributed by atoms with E-state index in [1.54, 1.807) is 24.3 Å². The van der Waals surface area contributed by atoms with E-state index >= 15 is 0 Å². The number of anilines is 2. The number of hydrogen-bond donors (Lipinski definition) is 3. The predicted molar refractivity (Wildman–Crippen MR) is 95.7 cm³/mol.